The Balaban J connectivity index is 2.53. The molecule has 0 saturated carbocycles. The quantitative estimate of drug-likeness (QED) is 0.337. The summed E-state index contributed by atoms with van der Waals surface area (Å²) in [5, 5.41) is 2.46. The van der Waals surface area contributed by atoms with Crippen LogP contribution in [0.25, 0.3) is 0 Å². The largest absolute Gasteiger partial charge is 0.458 e. The minimum absolute atomic E-state index is 0.0611. The zero-order valence-corrected chi connectivity index (χ0v) is 22.1. The smallest absolute Gasteiger partial charge is 0.369 e. The van der Waals surface area contributed by atoms with E-state index in [-0.39, 0.29) is 11.3 Å². The molecule has 6 nitrogen and oxygen atoms in total. The third kappa shape index (κ3) is 5.39. The van der Waals surface area contributed by atoms with Crippen LogP contribution < -0.4 is 11.1 Å². The van der Waals surface area contributed by atoms with Gasteiger partial charge in [0.15, 0.2) is 0 Å². The molecule has 194 valence electrons. The first-order valence-corrected chi connectivity index (χ1v) is 13.2. The molecule has 0 aliphatic heterocycles. The Kier molecular flexibility index (Phi) is 7.88. The van der Waals surface area contributed by atoms with Crippen LogP contribution in [0.15, 0.2) is 40.0 Å². The molecule has 2 atom stereocenters. The summed E-state index contributed by atoms with van der Waals surface area (Å²) >= 11 is 1.81. The van der Waals surface area contributed by atoms with Crippen LogP contribution in [0.2, 0.25) is 0 Å². The van der Waals surface area contributed by atoms with E-state index in [4.69, 9.17) is 5.73 Å². The van der Waals surface area contributed by atoms with Crippen LogP contribution in [-0.2, 0) is 25.3 Å². The molecule has 2 unspecified atom stereocenters. The third-order valence-electron chi connectivity index (χ3n) is 5.95. The molecule has 13 heteroatoms. The number of halogens is 6. The lowest BCUT2D eigenvalue weighted by Gasteiger charge is -2.48. The molecule has 2 amide bonds. The average Bonchev–Trinajstić information content (AvgIpc) is 2.65. The van der Waals surface area contributed by atoms with Crippen molar-refractivity contribution < 1.29 is 40.0 Å². The van der Waals surface area contributed by atoms with Crippen molar-refractivity contribution in [2.45, 2.75) is 32.9 Å². The molecule has 0 aromatic heterocycles. The zero-order valence-electron chi connectivity index (χ0n) is 19.1. The molecule has 0 heterocycles. The molecular formula is C22H24F5IN2O4S. The minimum atomic E-state index is -5.80. The van der Waals surface area contributed by atoms with Crippen molar-refractivity contribution in [3.8, 4) is 0 Å². The lowest BCUT2D eigenvalue weighted by atomic mass is 9.57. The lowest BCUT2D eigenvalue weighted by molar-refractivity contribution is -0.289. The lowest BCUT2D eigenvalue weighted by Crippen LogP contribution is -2.58. The number of primary amides is 1. The van der Waals surface area contributed by atoms with Gasteiger partial charge in [-0.1, -0.05) is 38.1 Å². The fourth-order valence-corrected chi connectivity index (χ4v) is 7.53. The molecule has 0 fully saturated rings. The first-order chi connectivity index (χ1) is 15.7. The number of aryl methyl sites for hydroxylation is 1. The number of hydrogen-bond acceptors (Lipinski definition) is 4. The summed E-state index contributed by atoms with van der Waals surface area (Å²) in [7, 11) is -3.63. The number of nitrogens with two attached hydrogens (primary N) is 1. The summed E-state index contributed by atoms with van der Waals surface area (Å²) in [5.74, 6) is -8.65. The van der Waals surface area contributed by atoms with Gasteiger partial charge in [-0.2, -0.15) is 22.0 Å². The molecule has 1 aromatic carbocycles. The minimum Gasteiger partial charge on any atom is -0.369 e. The number of rotatable bonds is 7. The number of amides is 2. The molecule has 35 heavy (non-hydrogen) atoms. The fourth-order valence-electron chi connectivity index (χ4n) is 4.45. The van der Waals surface area contributed by atoms with E-state index in [0.717, 1.165) is 12.3 Å². The normalized spacial score (nSPS) is 21.4. The highest BCUT2D eigenvalue weighted by Gasteiger charge is 2.60. The van der Waals surface area contributed by atoms with E-state index in [1.807, 2.05) is 22.6 Å². The number of sulfone groups is 1. The summed E-state index contributed by atoms with van der Waals surface area (Å²) < 4.78 is 90.1. The van der Waals surface area contributed by atoms with Gasteiger partial charge in [-0.05, 0) is 52.6 Å². The first kappa shape index (κ1) is 29.2. The van der Waals surface area contributed by atoms with E-state index in [0.29, 0.717) is 15.7 Å². The molecule has 0 spiro atoms. The summed E-state index contributed by atoms with van der Waals surface area (Å²) in [6, 6.07) is 2.06. The van der Waals surface area contributed by atoms with Crippen LogP contribution >= 0.6 is 22.6 Å². The highest BCUT2D eigenvalue weighted by molar-refractivity contribution is 14.1. The van der Waals surface area contributed by atoms with Gasteiger partial charge in [0, 0.05) is 21.1 Å². The molecule has 1 aliphatic carbocycles. The molecular weight excluding hydrogens is 610 g/mol. The van der Waals surface area contributed by atoms with Gasteiger partial charge in [0.1, 0.15) is 15.3 Å². The Morgan fingerprint density at radius 1 is 1.17 bits per heavy atom. The van der Waals surface area contributed by atoms with Crippen LogP contribution in [0.4, 0.5) is 27.6 Å². The SMILES string of the molecule is Cc1cc(C(F)(F)C(F)(F)F)ccc1NC(=O)C1C=CC=C(I)C1(C(N)=O)C(C)(C)CS(C)(=O)=O. The highest BCUT2D eigenvalue weighted by atomic mass is 127. The number of hydrogen-bond donors (Lipinski definition) is 2. The number of allylic oxidation sites excluding steroid dienone is 2. The second-order valence-corrected chi connectivity index (χ2v) is 12.4. The fraction of sp³-hybridized carbons (Fsp3) is 0.455. The second kappa shape index (κ2) is 9.45. The maximum atomic E-state index is 13.7. The number of anilines is 1. The van der Waals surface area contributed by atoms with Crippen molar-refractivity contribution in [3.05, 3.63) is 51.1 Å². The molecule has 0 saturated heterocycles. The van der Waals surface area contributed by atoms with Crippen molar-refractivity contribution in [1.29, 1.82) is 0 Å². The van der Waals surface area contributed by atoms with Gasteiger partial charge >= 0.3 is 12.1 Å². The van der Waals surface area contributed by atoms with E-state index in [2.05, 4.69) is 5.32 Å². The topological polar surface area (TPSA) is 106 Å². The summed E-state index contributed by atoms with van der Waals surface area (Å²) in [4.78, 5) is 26.2. The van der Waals surface area contributed by atoms with Gasteiger partial charge in [0.2, 0.25) is 11.8 Å². The summed E-state index contributed by atoms with van der Waals surface area (Å²) in [6.45, 7) is 4.22. The second-order valence-electron chi connectivity index (χ2n) is 9.09. The average molecular weight is 634 g/mol. The monoisotopic (exact) mass is 634 g/mol. The zero-order chi connectivity index (χ0) is 27.2. The molecule has 3 N–H and O–H groups in total. The Bertz CT molecular complexity index is 1210. The molecule has 0 radical (unpaired) electrons. The maximum Gasteiger partial charge on any atom is 0.458 e. The van der Waals surface area contributed by atoms with Gasteiger partial charge in [0.25, 0.3) is 0 Å². The molecule has 2 rings (SSSR count). The van der Waals surface area contributed by atoms with E-state index in [1.54, 1.807) is 0 Å². The van der Waals surface area contributed by atoms with E-state index < -0.39 is 61.8 Å². The number of nitrogens with one attached hydrogen (secondary N) is 1. The molecule has 1 aromatic rings. The van der Waals surface area contributed by atoms with Crippen molar-refractivity contribution in [2.75, 3.05) is 17.3 Å². The predicted molar refractivity (Wildman–Crippen MR) is 130 cm³/mol. The highest BCUT2D eigenvalue weighted by Crippen LogP contribution is 2.55. The van der Waals surface area contributed by atoms with Crippen molar-refractivity contribution in [1.82, 2.24) is 0 Å². The van der Waals surface area contributed by atoms with Gasteiger partial charge in [-0.25, -0.2) is 8.42 Å². The van der Waals surface area contributed by atoms with E-state index in [9.17, 15) is 40.0 Å². The number of benzene rings is 1. The Labute approximate surface area is 213 Å². The maximum absolute atomic E-state index is 13.7. The van der Waals surface area contributed by atoms with E-state index in [1.165, 1.54) is 39.0 Å². The molecule has 0 bridgehead atoms. The van der Waals surface area contributed by atoms with Gasteiger partial charge in [0.05, 0.1) is 11.7 Å². The predicted octanol–water partition coefficient (Wildman–Crippen LogP) is 4.64. The Morgan fingerprint density at radius 3 is 2.20 bits per heavy atom. The summed E-state index contributed by atoms with van der Waals surface area (Å²) in [5.41, 5.74) is 1.19. The number of alkyl halides is 5. The van der Waals surface area contributed by atoms with Gasteiger partial charge < -0.3 is 11.1 Å². The van der Waals surface area contributed by atoms with Crippen molar-refractivity contribution in [3.63, 3.8) is 0 Å². The Hall–Kier alpha value is -2.03. The van der Waals surface area contributed by atoms with Gasteiger partial charge in [-0.3, -0.25) is 9.59 Å². The van der Waals surface area contributed by atoms with Crippen molar-refractivity contribution in [2.24, 2.45) is 22.5 Å². The van der Waals surface area contributed by atoms with E-state index >= 15 is 0 Å². The van der Waals surface area contributed by atoms with Crippen LogP contribution in [0.3, 0.4) is 0 Å². The first-order valence-electron chi connectivity index (χ1n) is 10.1. The Morgan fingerprint density at radius 2 is 1.74 bits per heavy atom. The van der Waals surface area contributed by atoms with Crippen LogP contribution in [-0.4, -0.2) is 38.4 Å². The standard InChI is InChI=1S/C22H24F5IN2O4S/c1-12-10-13(21(23,24)22(25,26)27)8-9-15(12)30-17(31)14-6-5-7-16(28)20(14,18(29)32)19(2,3)11-35(4,33)34/h5-10,14H,11H2,1-4H3,(H2,29,32)(H,30,31). The number of carbonyl (C=O) groups is 2. The van der Waals surface area contributed by atoms with Crippen LogP contribution in [0, 0.1) is 23.7 Å². The molecule has 1 aliphatic rings. The van der Waals surface area contributed by atoms with Crippen LogP contribution in [0.5, 0.6) is 0 Å². The third-order valence-corrected chi connectivity index (χ3v) is 8.41. The van der Waals surface area contributed by atoms with Crippen LogP contribution in [0.1, 0.15) is 25.0 Å². The summed E-state index contributed by atoms with van der Waals surface area (Å²) in [6.07, 6.45) is -0.433. The van der Waals surface area contributed by atoms with Crippen molar-refractivity contribution >= 4 is 49.9 Å². The number of carbonyl (C=O) groups excluding carboxylic acids is 2. The van der Waals surface area contributed by atoms with Gasteiger partial charge in [-0.15, -0.1) is 0 Å².